The summed E-state index contributed by atoms with van der Waals surface area (Å²) in [6.45, 7) is 0. The van der Waals surface area contributed by atoms with E-state index in [0.29, 0.717) is 39.5 Å². The lowest BCUT2D eigenvalue weighted by Crippen LogP contribution is -1.94. The number of nitrogens with one attached hydrogen (secondary N) is 2. The van der Waals surface area contributed by atoms with Crippen molar-refractivity contribution in [3.8, 4) is 34.3 Å². The maximum Gasteiger partial charge on any atom is 0.439 e. The highest BCUT2D eigenvalue weighted by atomic mass is 32.2. The molecule has 5 rings (SSSR count). The van der Waals surface area contributed by atoms with E-state index in [4.69, 9.17) is 4.74 Å². The van der Waals surface area contributed by atoms with Crippen molar-refractivity contribution in [2.75, 3.05) is 12.5 Å². The number of halogens is 1. The van der Waals surface area contributed by atoms with E-state index in [1.165, 1.54) is 6.07 Å². The minimum atomic E-state index is -2.29. The number of aromatic nitrogens is 4. The van der Waals surface area contributed by atoms with Gasteiger partial charge in [0.2, 0.25) is 0 Å². The molecule has 0 saturated carbocycles. The summed E-state index contributed by atoms with van der Waals surface area (Å²) in [7, 11) is -2.29. The number of fused-ring (bicyclic) bond motifs is 1. The molecule has 2 N–H and O–H groups in total. The lowest BCUT2D eigenvalue weighted by molar-refractivity contribution is 0.388. The molecule has 34 heavy (non-hydrogen) atoms. The molecule has 0 unspecified atom stereocenters. The van der Waals surface area contributed by atoms with Gasteiger partial charge in [0.1, 0.15) is 11.4 Å². The van der Waals surface area contributed by atoms with Crippen molar-refractivity contribution >= 4 is 26.4 Å². The first-order chi connectivity index (χ1) is 16.2. The molecule has 3 aromatic heterocycles. The van der Waals surface area contributed by atoms with Crippen LogP contribution in [0.4, 0.5) is 10.1 Å². The van der Waals surface area contributed by atoms with Gasteiger partial charge in [-0.25, -0.2) is 18.4 Å². The Labute approximate surface area is 192 Å². The van der Waals surface area contributed by atoms with Gasteiger partial charge in [-0.3, -0.25) is 9.51 Å². The van der Waals surface area contributed by atoms with E-state index >= 15 is 0 Å². The van der Waals surface area contributed by atoms with Gasteiger partial charge < -0.3 is 9.72 Å². The number of nitrogens with zero attached hydrogens (tertiary/aromatic N) is 3. The van der Waals surface area contributed by atoms with Gasteiger partial charge in [0.15, 0.2) is 17.5 Å². The standard InChI is InChI=1S/C23H18FN5O4S/c1-34(2,31)29-15-8-6-13(7-9-15)21-17(24)11-18-19(26-21)12-20(25-18)32-16-5-3-4-14(10-16)22-27-23(30)33-28-22/h3-12,25H,1-2H3,(H,27,28,30). The third-order valence-electron chi connectivity index (χ3n) is 4.77. The highest BCUT2D eigenvalue weighted by Crippen LogP contribution is 2.31. The van der Waals surface area contributed by atoms with Crippen molar-refractivity contribution in [2.24, 2.45) is 4.36 Å². The van der Waals surface area contributed by atoms with Crippen LogP contribution >= 0.6 is 0 Å². The Kier molecular flexibility index (Phi) is 5.25. The Hall–Kier alpha value is -4.25. The number of ether oxygens (including phenoxy) is 1. The minimum absolute atomic E-state index is 0.176. The molecule has 0 saturated heterocycles. The van der Waals surface area contributed by atoms with E-state index in [-0.39, 0.29) is 11.5 Å². The van der Waals surface area contributed by atoms with Gasteiger partial charge in [-0.1, -0.05) is 29.4 Å². The van der Waals surface area contributed by atoms with Gasteiger partial charge in [-0.2, -0.15) is 4.36 Å². The Balaban J connectivity index is 1.44. The summed E-state index contributed by atoms with van der Waals surface area (Å²) in [4.78, 5) is 21.1. The SMILES string of the molecule is CS(C)(=O)=Nc1ccc(-c2nc3cc(Oc4cccc(-c5noc(=O)[nH]5)c4)[nH]c3cc2F)cc1. The third kappa shape index (κ3) is 4.59. The Morgan fingerprint density at radius 3 is 2.53 bits per heavy atom. The molecule has 9 nitrogen and oxygen atoms in total. The topological polar surface area (TPSA) is 126 Å². The first kappa shape index (κ1) is 21.6. The highest BCUT2D eigenvalue weighted by Gasteiger charge is 2.13. The molecule has 0 bridgehead atoms. The smallest absolute Gasteiger partial charge is 0.439 e. The fourth-order valence-electron chi connectivity index (χ4n) is 3.39. The summed E-state index contributed by atoms with van der Waals surface area (Å²) in [5, 5.41) is 3.66. The molecule has 3 heterocycles. The van der Waals surface area contributed by atoms with Gasteiger partial charge in [-0.15, -0.1) is 0 Å². The zero-order chi connectivity index (χ0) is 23.9. The summed E-state index contributed by atoms with van der Waals surface area (Å²) in [5.74, 6) is -0.0480. The van der Waals surface area contributed by atoms with Gasteiger partial charge >= 0.3 is 5.76 Å². The van der Waals surface area contributed by atoms with Gasteiger partial charge in [0.25, 0.3) is 0 Å². The molecule has 0 radical (unpaired) electrons. The quantitative estimate of drug-likeness (QED) is 0.371. The lowest BCUT2D eigenvalue weighted by Gasteiger charge is -2.04. The van der Waals surface area contributed by atoms with Crippen molar-refractivity contribution in [2.45, 2.75) is 0 Å². The number of hydrogen-bond donors (Lipinski definition) is 2. The van der Waals surface area contributed by atoms with Crippen molar-refractivity contribution in [3.05, 3.63) is 77.0 Å². The summed E-state index contributed by atoms with van der Waals surface area (Å²) in [5.41, 5.74) is 2.88. The number of aromatic amines is 2. The second-order valence-electron chi connectivity index (χ2n) is 7.78. The van der Waals surface area contributed by atoms with Gasteiger partial charge in [0.05, 0.1) is 16.7 Å². The normalized spacial score (nSPS) is 11.6. The fourth-order valence-corrected chi connectivity index (χ4v) is 4.02. The molecule has 0 aliphatic carbocycles. The van der Waals surface area contributed by atoms with Crippen molar-refractivity contribution in [1.29, 1.82) is 0 Å². The highest BCUT2D eigenvalue weighted by molar-refractivity contribution is 7.92. The predicted molar refractivity (Wildman–Crippen MR) is 126 cm³/mol. The van der Waals surface area contributed by atoms with Crippen molar-refractivity contribution in [1.82, 2.24) is 20.1 Å². The zero-order valence-corrected chi connectivity index (χ0v) is 18.9. The number of H-pyrrole nitrogens is 2. The molecule has 0 fully saturated rings. The van der Waals surface area contributed by atoms with Gasteiger partial charge in [0, 0.05) is 45.5 Å². The van der Waals surface area contributed by atoms with Crippen LogP contribution < -0.4 is 10.5 Å². The molecule has 0 amide bonds. The minimum Gasteiger partial charge on any atom is -0.441 e. The maximum absolute atomic E-state index is 14.8. The largest absolute Gasteiger partial charge is 0.441 e. The van der Waals surface area contributed by atoms with E-state index in [1.807, 2.05) is 0 Å². The van der Waals surface area contributed by atoms with E-state index in [2.05, 4.69) is 29.0 Å². The molecule has 2 aromatic carbocycles. The zero-order valence-electron chi connectivity index (χ0n) is 18.0. The fraction of sp³-hybridized carbons (Fsp3) is 0.0870. The van der Waals surface area contributed by atoms with E-state index < -0.39 is 21.3 Å². The summed E-state index contributed by atoms with van der Waals surface area (Å²) in [6, 6.07) is 16.6. The average Bonchev–Trinajstić information content (AvgIpc) is 3.38. The summed E-state index contributed by atoms with van der Waals surface area (Å²) >= 11 is 0. The van der Waals surface area contributed by atoms with Crippen LogP contribution in [0.5, 0.6) is 11.6 Å². The average molecular weight is 479 g/mol. The number of pyridine rings is 1. The first-order valence-electron chi connectivity index (χ1n) is 10.0. The third-order valence-corrected chi connectivity index (χ3v) is 5.42. The molecule has 0 aliphatic heterocycles. The molecule has 11 heteroatoms. The lowest BCUT2D eigenvalue weighted by atomic mass is 10.1. The summed E-state index contributed by atoms with van der Waals surface area (Å²) < 4.78 is 41.2. The predicted octanol–water partition coefficient (Wildman–Crippen LogP) is 4.86. The van der Waals surface area contributed by atoms with Crippen LogP contribution in [0.25, 0.3) is 33.7 Å². The van der Waals surface area contributed by atoms with E-state index in [9.17, 15) is 13.4 Å². The van der Waals surface area contributed by atoms with Crippen LogP contribution in [-0.4, -0.2) is 36.8 Å². The van der Waals surface area contributed by atoms with Crippen molar-refractivity contribution in [3.63, 3.8) is 0 Å². The maximum atomic E-state index is 14.8. The second-order valence-corrected chi connectivity index (χ2v) is 10.3. The molecule has 0 aliphatic rings. The second kappa shape index (κ2) is 8.27. The number of rotatable bonds is 5. The van der Waals surface area contributed by atoms with E-state index in [0.717, 1.165) is 0 Å². The van der Waals surface area contributed by atoms with E-state index in [1.54, 1.807) is 67.1 Å². The van der Waals surface area contributed by atoms with Crippen LogP contribution in [0.2, 0.25) is 0 Å². The Bertz CT molecular complexity index is 1690. The Morgan fingerprint density at radius 2 is 1.82 bits per heavy atom. The van der Waals surface area contributed by atoms with Crippen LogP contribution in [-0.2, 0) is 9.73 Å². The number of hydrogen-bond acceptors (Lipinski definition) is 7. The number of benzene rings is 2. The van der Waals surface area contributed by atoms with Gasteiger partial charge in [-0.05, 0) is 24.3 Å². The first-order valence-corrected chi connectivity index (χ1v) is 12.4. The molecule has 0 atom stereocenters. The molecular formula is C23H18FN5O4S. The molecule has 0 spiro atoms. The van der Waals surface area contributed by atoms with Crippen LogP contribution in [0.3, 0.4) is 0 Å². The molecule has 172 valence electrons. The molecule has 5 aromatic rings. The van der Waals surface area contributed by atoms with Crippen LogP contribution in [0.15, 0.2) is 74.3 Å². The molecular weight excluding hydrogens is 461 g/mol. The van der Waals surface area contributed by atoms with Crippen LogP contribution in [0, 0.1) is 5.82 Å². The summed E-state index contributed by atoms with van der Waals surface area (Å²) in [6.07, 6.45) is 3.10. The monoisotopic (exact) mass is 479 g/mol. The Morgan fingerprint density at radius 1 is 1.03 bits per heavy atom. The van der Waals surface area contributed by atoms with Crippen LogP contribution in [0.1, 0.15) is 0 Å². The van der Waals surface area contributed by atoms with Crippen molar-refractivity contribution < 1.29 is 17.9 Å².